The first kappa shape index (κ1) is 14.4. The van der Waals surface area contributed by atoms with Crippen LogP contribution >= 0.6 is 11.6 Å². The second-order valence-corrected chi connectivity index (χ2v) is 5.70. The van der Waals surface area contributed by atoms with Gasteiger partial charge in [0, 0.05) is 0 Å². The van der Waals surface area contributed by atoms with Gasteiger partial charge >= 0.3 is 10.2 Å². The van der Waals surface area contributed by atoms with Crippen molar-refractivity contribution in [2.24, 2.45) is 0 Å². The molecular weight excluding hydrogens is 300 g/mol. The van der Waals surface area contributed by atoms with Gasteiger partial charge in [-0.05, 0) is 24.3 Å². The monoisotopic (exact) mass is 310 g/mol. The fourth-order valence-corrected chi connectivity index (χ4v) is 2.58. The van der Waals surface area contributed by atoms with E-state index in [2.05, 4.69) is 4.72 Å². The maximum absolute atomic E-state index is 11.9. The molecule has 0 atom stereocenters. The molecule has 104 valence electrons. The first-order valence-electron chi connectivity index (χ1n) is 5.62. The van der Waals surface area contributed by atoms with Gasteiger partial charge in [0.1, 0.15) is 0 Å². The topological polar surface area (TPSA) is 75.3 Å². The predicted octanol–water partition coefficient (Wildman–Crippen LogP) is 2.43. The van der Waals surface area contributed by atoms with Gasteiger partial charge in [-0.25, -0.2) is 4.72 Å². The zero-order valence-electron chi connectivity index (χ0n) is 10.2. The van der Waals surface area contributed by atoms with Gasteiger partial charge in [0.05, 0.1) is 16.3 Å². The molecule has 0 saturated carbocycles. The normalized spacial score (nSPS) is 10.8. The third-order valence-corrected chi connectivity index (χ3v) is 3.66. The van der Waals surface area contributed by atoms with Gasteiger partial charge < -0.3 is 0 Å². The van der Waals surface area contributed by atoms with Crippen LogP contribution in [0.5, 0.6) is 0 Å². The number of hydrogen-bond acceptors (Lipinski definition) is 3. The molecule has 0 aliphatic heterocycles. The minimum atomic E-state index is -4.01. The van der Waals surface area contributed by atoms with Crippen LogP contribution < -0.4 is 9.44 Å². The summed E-state index contributed by atoms with van der Waals surface area (Å²) in [5, 5.41) is 0.180. The number of amides is 1. The van der Waals surface area contributed by atoms with Crippen LogP contribution in [0, 0.1) is 0 Å². The molecule has 0 bridgehead atoms. The summed E-state index contributed by atoms with van der Waals surface area (Å²) in [5.74, 6) is -0.793. The number of halogens is 1. The summed E-state index contributed by atoms with van der Waals surface area (Å²) >= 11 is 5.83. The largest absolute Gasteiger partial charge is 0.323 e. The molecule has 5 nitrogen and oxygen atoms in total. The molecule has 0 aliphatic rings. The first-order chi connectivity index (χ1) is 9.48. The summed E-state index contributed by atoms with van der Waals surface area (Å²) in [6, 6.07) is 14.4. The van der Waals surface area contributed by atoms with Gasteiger partial charge in [-0.1, -0.05) is 41.9 Å². The average Bonchev–Trinajstić information content (AvgIpc) is 2.39. The molecule has 0 aromatic heterocycles. The van der Waals surface area contributed by atoms with Gasteiger partial charge in [0.2, 0.25) is 0 Å². The van der Waals surface area contributed by atoms with Gasteiger partial charge in [-0.15, -0.1) is 0 Å². The summed E-state index contributed by atoms with van der Waals surface area (Å²) in [6.45, 7) is 0. The first-order valence-corrected chi connectivity index (χ1v) is 7.48. The molecule has 2 N–H and O–H groups in total. The molecule has 0 heterocycles. The van der Waals surface area contributed by atoms with E-state index in [1.165, 1.54) is 12.1 Å². The van der Waals surface area contributed by atoms with Gasteiger partial charge in [0.25, 0.3) is 5.91 Å². The number of carbonyl (C=O) groups excluding carboxylic acids is 1. The number of hydrogen-bond donors (Lipinski definition) is 2. The number of anilines is 1. The van der Waals surface area contributed by atoms with Crippen molar-refractivity contribution in [1.29, 1.82) is 0 Å². The third kappa shape index (κ3) is 3.72. The van der Waals surface area contributed by atoms with Crippen LogP contribution in [0.15, 0.2) is 54.6 Å². The standard InChI is InChI=1S/C13H11ClN2O3S/c14-12-9-5-4-8-11(12)13(17)16-20(18,19)15-10-6-2-1-3-7-10/h1-9,15H,(H,16,17). The Balaban J connectivity index is 2.13. The fourth-order valence-electron chi connectivity index (χ4n) is 1.51. The highest BCUT2D eigenvalue weighted by Gasteiger charge is 2.17. The van der Waals surface area contributed by atoms with Crippen LogP contribution in [0.2, 0.25) is 5.02 Å². The maximum atomic E-state index is 11.9. The summed E-state index contributed by atoms with van der Waals surface area (Å²) < 4.78 is 27.8. The lowest BCUT2D eigenvalue weighted by Crippen LogP contribution is -2.35. The van der Waals surface area contributed by atoms with Crippen LogP contribution in [-0.4, -0.2) is 14.3 Å². The van der Waals surface area contributed by atoms with Crippen LogP contribution in [0.25, 0.3) is 0 Å². The zero-order chi connectivity index (χ0) is 14.6. The molecule has 0 saturated heterocycles. The highest BCUT2D eigenvalue weighted by atomic mass is 35.5. The third-order valence-electron chi connectivity index (χ3n) is 2.37. The van der Waals surface area contributed by atoms with Crippen LogP contribution in [-0.2, 0) is 10.2 Å². The van der Waals surface area contributed by atoms with E-state index in [0.29, 0.717) is 5.69 Å². The number of para-hydroxylation sites is 1. The molecule has 0 fully saturated rings. The van der Waals surface area contributed by atoms with E-state index in [1.54, 1.807) is 42.5 Å². The van der Waals surface area contributed by atoms with E-state index < -0.39 is 16.1 Å². The molecule has 2 rings (SSSR count). The van der Waals surface area contributed by atoms with Crippen LogP contribution in [0.4, 0.5) is 5.69 Å². The number of benzene rings is 2. The second-order valence-electron chi connectivity index (χ2n) is 3.88. The smallest absolute Gasteiger partial charge is 0.268 e. The van der Waals surface area contributed by atoms with Gasteiger partial charge in [-0.3, -0.25) is 9.52 Å². The van der Waals surface area contributed by atoms with Crippen LogP contribution in [0.3, 0.4) is 0 Å². The van der Waals surface area contributed by atoms with E-state index in [9.17, 15) is 13.2 Å². The highest BCUT2D eigenvalue weighted by Crippen LogP contribution is 2.15. The molecule has 0 aliphatic carbocycles. The van der Waals surface area contributed by atoms with Crippen molar-refractivity contribution in [3.8, 4) is 0 Å². The van der Waals surface area contributed by atoms with Crippen molar-refractivity contribution < 1.29 is 13.2 Å². The van der Waals surface area contributed by atoms with E-state index in [1.807, 2.05) is 4.72 Å². The van der Waals surface area contributed by atoms with Gasteiger partial charge in [0.15, 0.2) is 0 Å². The van der Waals surface area contributed by atoms with E-state index in [0.717, 1.165) is 0 Å². The average molecular weight is 311 g/mol. The summed E-state index contributed by atoms with van der Waals surface area (Å²) in [4.78, 5) is 11.9. The van der Waals surface area contributed by atoms with E-state index in [-0.39, 0.29) is 10.6 Å². The summed E-state index contributed by atoms with van der Waals surface area (Å²) in [7, 11) is -4.01. The Kier molecular flexibility index (Phi) is 4.26. The second kappa shape index (κ2) is 5.94. The molecule has 0 unspecified atom stereocenters. The number of carbonyl (C=O) groups is 1. The Bertz CT molecular complexity index is 717. The lowest BCUT2D eigenvalue weighted by atomic mass is 10.2. The molecule has 20 heavy (non-hydrogen) atoms. The zero-order valence-corrected chi connectivity index (χ0v) is 11.8. The Labute approximate surface area is 121 Å². The molecule has 1 amide bonds. The van der Waals surface area contributed by atoms with Crippen molar-refractivity contribution in [2.75, 3.05) is 4.72 Å². The van der Waals surface area contributed by atoms with Crippen molar-refractivity contribution in [3.63, 3.8) is 0 Å². The van der Waals surface area contributed by atoms with E-state index >= 15 is 0 Å². The maximum Gasteiger partial charge on any atom is 0.323 e. The molecule has 2 aromatic rings. The van der Waals surface area contributed by atoms with Crippen LogP contribution in [0.1, 0.15) is 10.4 Å². The lowest BCUT2D eigenvalue weighted by Gasteiger charge is -2.09. The van der Waals surface area contributed by atoms with Gasteiger partial charge in [-0.2, -0.15) is 8.42 Å². The quantitative estimate of drug-likeness (QED) is 0.910. The predicted molar refractivity (Wildman–Crippen MR) is 77.9 cm³/mol. The van der Waals surface area contributed by atoms with Crippen molar-refractivity contribution in [3.05, 3.63) is 65.2 Å². The Morgan fingerprint density at radius 3 is 2.20 bits per heavy atom. The minimum absolute atomic E-state index is 0.0904. The Hall–Kier alpha value is -2.05. The Morgan fingerprint density at radius 2 is 1.55 bits per heavy atom. The fraction of sp³-hybridized carbons (Fsp3) is 0. The van der Waals surface area contributed by atoms with E-state index in [4.69, 9.17) is 11.6 Å². The number of nitrogens with one attached hydrogen (secondary N) is 2. The molecular formula is C13H11ClN2O3S. The van der Waals surface area contributed by atoms with Crippen molar-refractivity contribution >= 4 is 33.4 Å². The highest BCUT2D eigenvalue weighted by molar-refractivity contribution is 7.91. The summed E-state index contributed by atoms with van der Waals surface area (Å²) in [6.07, 6.45) is 0. The minimum Gasteiger partial charge on any atom is -0.268 e. The SMILES string of the molecule is O=C(NS(=O)(=O)Nc1ccccc1)c1ccccc1Cl. The molecule has 0 spiro atoms. The molecule has 0 radical (unpaired) electrons. The van der Waals surface area contributed by atoms with Crippen molar-refractivity contribution in [1.82, 2.24) is 4.72 Å². The Morgan fingerprint density at radius 1 is 0.950 bits per heavy atom. The number of rotatable bonds is 4. The van der Waals surface area contributed by atoms with Crippen molar-refractivity contribution in [2.45, 2.75) is 0 Å². The summed E-state index contributed by atoms with van der Waals surface area (Å²) in [5.41, 5.74) is 0.444. The molecule has 7 heteroatoms. The molecule has 2 aromatic carbocycles. The lowest BCUT2D eigenvalue weighted by molar-refractivity contribution is 0.0982.